The summed E-state index contributed by atoms with van der Waals surface area (Å²) >= 11 is 0. The fraction of sp³-hybridized carbons (Fsp3) is 0.867. The molecule has 1 fully saturated rings. The van der Waals surface area contributed by atoms with Gasteiger partial charge >= 0.3 is 5.97 Å². The zero-order valence-corrected chi connectivity index (χ0v) is 12.1. The van der Waals surface area contributed by atoms with Gasteiger partial charge in [0, 0.05) is 6.42 Å². The van der Waals surface area contributed by atoms with E-state index in [0.29, 0.717) is 12.3 Å². The molecular formula is C15H26O3. The zero-order chi connectivity index (χ0) is 13.7. The highest BCUT2D eigenvalue weighted by atomic mass is 16.5. The molecule has 104 valence electrons. The fourth-order valence-corrected chi connectivity index (χ4v) is 2.98. The number of hydrogen-bond acceptors (Lipinski definition) is 3. The van der Waals surface area contributed by atoms with Crippen LogP contribution in [-0.4, -0.2) is 18.9 Å². The zero-order valence-electron chi connectivity index (χ0n) is 12.1. The summed E-state index contributed by atoms with van der Waals surface area (Å²) in [6, 6.07) is 0. The number of ether oxygens (including phenoxy) is 1. The first-order valence-corrected chi connectivity index (χ1v) is 7.07. The highest BCUT2D eigenvalue weighted by molar-refractivity contribution is 6.00. The summed E-state index contributed by atoms with van der Waals surface area (Å²) < 4.78 is 4.77. The average molecular weight is 254 g/mol. The van der Waals surface area contributed by atoms with E-state index in [0.717, 1.165) is 18.8 Å². The highest BCUT2D eigenvalue weighted by Crippen LogP contribution is 2.37. The molecule has 0 heterocycles. The molecule has 0 bridgehead atoms. The van der Waals surface area contributed by atoms with Crippen LogP contribution < -0.4 is 0 Å². The van der Waals surface area contributed by atoms with E-state index in [2.05, 4.69) is 20.8 Å². The van der Waals surface area contributed by atoms with Gasteiger partial charge in [-0.05, 0) is 24.2 Å². The first-order valence-electron chi connectivity index (χ1n) is 7.07. The van der Waals surface area contributed by atoms with Gasteiger partial charge in [0.15, 0.2) is 0 Å². The van der Waals surface area contributed by atoms with Gasteiger partial charge in [0.05, 0.1) is 7.11 Å². The first-order chi connectivity index (χ1) is 8.47. The molecule has 0 aromatic rings. The van der Waals surface area contributed by atoms with Gasteiger partial charge in [-0.15, -0.1) is 0 Å². The molecule has 1 aliphatic rings. The van der Waals surface area contributed by atoms with E-state index >= 15 is 0 Å². The Hall–Kier alpha value is -0.860. The van der Waals surface area contributed by atoms with Crippen LogP contribution in [-0.2, 0) is 14.3 Å². The predicted molar refractivity (Wildman–Crippen MR) is 71.1 cm³/mol. The lowest BCUT2D eigenvalue weighted by molar-refractivity contribution is -0.150. The van der Waals surface area contributed by atoms with Gasteiger partial charge < -0.3 is 4.74 Å². The van der Waals surface area contributed by atoms with Crippen LogP contribution in [0.1, 0.15) is 52.9 Å². The number of methoxy groups -OCH3 is 1. The van der Waals surface area contributed by atoms with Crippen LogP contribution >= 0.6 is 0 Å². The summed E-state index contributed by atoms with van der Waals surface area (Å²) in [7, 11) is 1.37. The van der Waals surface area contributed by atoms with E-state index < -0.39 is 5.92 Å². The molecule has 3 atom stereocenters. The van der Waals surface area contributed by atoms with Crippen molar-refractivity contribution in [2.45, 2.75) is 52.9 Å². The van der Waals surface area contributed by atoms with Crippen molar-refractivity contribution in [3.05, 3.63) is 0 Å². The van der Waals surface area contributed by atoms with Crippen molar-refractivity contribution in [1.82, 2.24) is 0 Å². The van der Waals surface area contributed by atoms with E-state index in [1.807, 2.05) is 0 Å². The largest absolute Gasteiger partial charge is 0.468 e. The second-order valence-electron chi connectivity index (χ2n) is 5.97. The molecule has 1 rings (SSSR count). The Labute approximate surface area is 110 Å². The first kappa shape index (κ1) is 15.2. The van der Waals surface area contributed by atoms with E-state index in [1.165, 1.54) is 20.0 Å². The molecule has 0 radical (unpaired) electrons. The Bertz CT molecular complexity index is 296. The smallest absolute Gasteiger partial charge is 0.316 e. The summed E-state index contributed by atoms with van der Waals surface area (Å²) in [6.07, 6.45) is 4.88. The molecule has 0 aliphatic heterocycles. The van der Waals surface area contributed by atoms with Gasteiger partial charge in [0.25, 0.3) is 0 Å². The number of ketones is 1. The van der Waals surface area contributed by atoms with Crippen molar-refractivity contribution in [3.63, 3.8) is 0 Å². The Kier molecular flexibility index (Phi) is 5.83. The van der Waals surface area contributed by atoms with Crippen molar-refractivity contribution in [2.75, 3.05) is 7.11 Å². The van der Waals surface area contributed by atoms with Crippen LogP contribution in [0.3, 0.4) is 0 Å². The lowest BCUT2D eigenvalue weighted by Gasteiger charge is -2.23. The average Bonchev–Trinajstić information content (AvgIpc) is 2.69. The molecule has 0 unspecified atom stereocenters. The Morgan fingerprint density at radius 1 is 1.33 bits per heavy atom. The molecule has 1 saturated carbocycles. The van der Waals surface area contributed by atoms with Gasteiger partial charge in [-0.2, -0.15) is 0 Å². The minimum Gasteiger partial charge on any atom is -0.468 e. The van der Waals surface area contributed by atoms with Gasteiger partial charge in [0.1, 0.15) is 11.7 Å². The number of Topliss-reactive ketones (excluding diaryl/α,β-unsaturated/α-hetero) is 1. The van der Waals surface area contributed by atoms with Crippen LogP contribution in [0.25, 0.3) is 0 Å². The molecule has 0 saturated heterocycles. The van der Waals surface area contributed by atoms with Crippen LogP contribution in [0.4, 0.5) is 0 Å². The lowest BCUT2D eigenvalue weighted by atomic mass is 9.81. The second kappa shape index (κ2) is 6.91. The second-order valence-corrected chi connectivity index (χ2v) is 5.97. The third kappa shape index (κ3) is 3.82. The topological polar surface area (TPSA) is 43.4 Å². The van der Waals surface area contributed by atoms with Crippen LogP contribution in [0, 0.1) is 23.7 Å². The SMILES string of the molecule is COC(=O)[C@H]1C(=O)CC[C@@H]1[C@H](C)CCCC(C)C. The number of rotatable bonds is 6. The summed E-state index contributed by atoms with van der Waals surface area (Å²) in [5, 5.41) is 0. The third-order valence-electron chi connectivity index (χ3n) is 4.13. The Balaban J connectivity index is 2.53. The molecule has 3 heteroatoms. The van der Waals surface area contributed by atoms with Crippen molar-refractivity contribution in [2.24, 2.45) is 23.7 Å². The molecule has 0 spiro atoms. The van der Waals surface area contributed by atoms with Gasteiger partial charge in [0.2, 0.25) is 0 Å². The number of hydrogen-bond donors (Lipinski definition) is 0. The number of carbonyl (C=O) groups excluding carboxylic acids is 2. The fourth-order valence-electron chi connectivity index (χ4n) is 2.98. The summed E-state index contributed by atoms with van der Waals surface area (Å²) in [4.78, 5) is 23.4. The normalized spacial score (nSPS) is 25.5. The minimum absolute atomic E-state index is 0.0718. The van der Waals surface area contributed by atoms with E-state index in [4.69, 9.17) is 4.74 Å². The van der Waals surface area contributed by atoms with E-state index in [-0.39, 0.29) is 17.7 Å². The maximum absolute atomic E-state index is 11.8. The van der Waals surface area contributed by atoms with Crippen molar-refractivity contribution >= 4 is 11.8 Å². The number of esters is 1. The molecular weight excluding hydrogens is 228 g/mol. The predicted octanol–water partition coefficient (Wildman–Crippen LogP) is 3.22. The summed E-state index contributed by atoms with van der Waals surface area (Å²) in [6.45, 7) is 6.61. The summed E-state index contributed by atoms with van der Waals surface area (Å²) in [5.74, 6) is 0.583. The maximum Gasteiger partial charge on any atom is 0.316 e. The van der Waals surface area contributed by atoms with Gasteiger partial charge in [-0.3, -0.25) is 9.59 Å². The molecule has 3 nitrogen and oxygen atoms in total. The molecule has 0 aromatic carbocycles. The lowest BCUT2D eigenvalue weighted by Crippen LogP contribution is -2.29. The molecule has 0 N–H and O–H groups in total. The monoisotopic (exact) mass is 254 g/mol. The molecule has 0 aromatic heterocycles. The minimum atomic E-state index is -0.496. The molecule has 0 amide bonds. The molecule has 1 aliphatic carbocycles. The third-order valence-corrected chi connectivity index (χ3v) is 4.13. The van der Waals surface area contributed by atoms with Crippen LogP contribution in [0.15, 0.2) is 0 Å². The van der Waals surface area contributed by atoms with Crippen LogP contribution in [0.5, 0.6) is 0 Å². The van der Waals surface area contributed by atoms with Gasteiger partial charge in [-0.25, -0.2) is 0 Å². The maximum atomic E-state index is 11.8. The van der Waals surface area contributed by atoms with Gasteiger partial charge in [-0.1, -0.05) is 40.0 Å². The highest BCUT2D eigenvalue weighted by Gasteiger charge is 2.42. The standard InChI is InChI=1S/C15H26O3/c1-10(2)6-5-7-11(3)12-8-9-13(16)14(12)15(17)18-4/h10-12,14H,5-9H2,1-4H3/t11-,12-,14-/m1/s1. The number of carbonyl (C=O) groups is 2. The van der Waals surface area contributed by atoms with E-state index in [9.17, 15) is 9.59 Å². The van der Waals surface area contributed by atoms with Crippen molar-refractivity contribution in [1.29, 1.82) is 0 Å². The quantitative estimate of drug-likeness (QED) is 0.540. The van der Waals surface area contributed by atoms with Crippen LogP contribution in [0.2, 0.25) is 0 Å². The Morgan fingerprint density at radius 3 is 2.56 bits per heavy atom. The van der Waals surface area contributed by atoms with Crippen molar-refractivity contribution < 1.29 is 14.3 Å². The summed E-state index contributed by atoms with van der Waals surface area (Å²) in [5.41, 5.74) is 0. The molecule has 18 heavy (non-hydrogen) atoms. The Morgan fingerprint density at radius 2 is 2.00 bits per heavy atom. The van der Waals surface area contributed by atoms with E-state index in [1.54, 1.807) is 0 Å². The van der Waals surface area contributed by atoms with Crippen molar-refractivity contribution in [3.8, 4) is 0 Å².